The van der Waals surface area contributed by atoms with Crippen molar-refractivity contribution in [3.63, 3.8) is 0 Å². The zero-order chi connectivity index (χ0) is 12.7. The van der Waals surface area contributed by atoms with Crippen LogP contribution in [-0.4, -0.2) is 11.7 Å². The van der Waals surface area contributed by atoms with Gasteiger partial charge in [-0.2, -0.15) is 0 Å². The maximum absolute atomic E-state index is 12.2. The van der Waals surface area contributed by atoms with Gasteiger partial charge in [-0.15, -0.1) is 11.3 Å². The van der Waals surface area contributed by atoms with E-state index in [0.29, 0.717) is 16.9 Å². The average Bonchev–Trinajstić information content (AvgIpc) is 2.92. The summed E-state index contributed by atoms with van der Waals surface area (Å²) in [5.74, 6) is -0.0266. The van der Waals surface area contributed by atoms with Crippen LogP contribution in [0.4, 0.5) is 5.69 Å². The lowest BCUT2D eigenvalue weighted by Gasteiger charge is -2.02. The summed E-state index contributed by atoms with van der Waals surface area (Å²) in [5.41, 5.74) is 2.32. The van der Waals surface area contributed by atoms with Crippen LogP contribution in [0.2, 0.25) is 0 Å². The quantitative estimate of drug-likeness (QED) is 0.863. The Kier molecular flexibility index (Phi) is 2.80. The summed E-state index contributed by atoms with van der Waals surface area (Å²) in [6.07, 6.45) is 0.352. The number of hydrogen-bond donors (Lipinski definition) is 1. The first-order chi connectivity index (χ1) is 8.63. The fourth-order valence-corrected chi connectivity index (χ4v) is 3.30. The third-order valence-corrected chi connectivity index (χ3v) is 4.41. The Labute approximate surface area is 116 Å². The molecule has 1 N–H and O–H groups in total. The van der Waals surface area contributed by atoms with Crippen molar-refractivity contribution >= 4 is 44.6 Å². The normalized spacial score (nSPS) is 13.3. The van der Waals surface area contributed by atoms with Crippen molar-refractivity contribution in [2.75, 3.05) is 5.32 Å². The van der Waals surface area contributed by atoms with E-state index in [9.17, 15) is 9.59 Å². The Bertz CT molecular complexity index is 663. The van der Waals surface area contributed by atoms with Crippen LogP contribution in [0.15, 0.2) is 34.1 Å². The van der Waals surface area contributed by atoms with E-state index in [2.05, 4.69) is 21.2 Å². The fourth-order valence-electron chi connectivity index (χ4n) is 1.95. The van der Waals surface area contributed by atoms with Gasteiger partial charge in [-0.05, 0) is 51.8 Å². The average molecular weight is 322 g/mol. The molecule has 2 aromatic rings. The van der Waals surface area contributed by atoms with Crippen LogP contribution in [-0.2, 0) is 11.2 Å². The van der Waals surface area contributed by atoms with Gasteiger partial charge in [0.25, 0.3) is 0 Å². The zero-order valence-corrected chi connectivity index (χ0v) is 11.6. The molecule has 1 aromatic heterocycles. The minimum Gasteiger partial charge on any atom is -0.326 e. The highest BCUT2D eigenvalue weighted by Crippen LogP contribution is 2.28. The number of hydrogen-bond acceptors (Lipinski definition) is 3. The third-order valence-electron chi connectivity index (χ3n) is 2.79. The molecule has 0 atom stereocenters. The Morgan fingerprint density at radius 3 is 2.83 bits per heavy atom. The van der Waals surface area contributed by atoms with Crippen molar-refractivity contribution < 1.29 is 9.59 Å². The highest BCUT2D eigenvalue weighted by atomic mass is 79.9. The second-order valence-electron chi connectivity index (χ2n) is 4.03. The van der Waals surface area contributed by atoms with Crippen molar-refractivity contribution in [2.45, 2.75) is 6.42 Å². The second-order valence-corrected chi connectivity index (χ2v) is 6.49. The maximum Gasteiger partial charge on any atom is 0.228 e. The van der Waals surface area contributed by atoms with Crippen LogP contribution < -0.4 is 5.32 Å². The standard InChI is InChI=1S/C13H8BrNO2S/c14-11-4-3-10(18-11)13(17)7-1-2-9-8(5-7)6-12(16)15-9/h1-5H,6H2,(H,15,16). The third kappa shape index (κ3) is 2.00. The molecule has 5 heteroatoms. The summed E-state index contributed by atoms with van der Waals surface area (Å²) in [6, 6.07) is 8.99. The van der Waals surface area contributed by atoms with Crippen molar-refractivity contribution in [1.82, 2.24) is 0 Å². The summed E-state index contributed by atoms with van der Waals surface area (Å²) >= 11 is 4.75. The highest BCUT2D eigenvalue weighted by Gasteiger charge is 2.20. The molecule has 1 aliphatic rings. The number of carbonyl (C=O) groups is 2. The van der Waals surface area contributed by atoms with Crippen molar-refractivity contribution in [2.24, 2.45) is 0 Å². The van der Waals surface area contributed by atoms with Crippen LogP contribution in [0, 0.1) is 0 Å². The van der Waals surface area contributed by atoms with E-state index in [0.717, 1.165) is 15.0 Å². The molecular weight excluding hydrogens is 314 g/mol. The Morgan fingerprint density at radius 1 is 1.28 bits per heavy atom. The molecule has 0 aliphatic carbocycles. The summed E-state index contributed by atoms with van der Waals surface area (Å²) in [4.78, 5) is 24.2. The van der Waals surface area contributed by atoms with Crippen LogP contribution in [0.25, 0.3) is 0 Å². The molecule has 0 spiro atoms. The monoisotopic (exact) mass is 321 g/mol. The molecule has 3 rings (SSSR count). The van der Waals surface area contributed by atoms with E-state index in [1.165, 1.54) is 11.3 Å². The lowest BCUT2D eigenvalue weighted by molar-refractivity contribution is -0.115. The van der Waals surface area contributed by atoms with E-state index in [-0.39, 0.29) is 11.7 Å². The van der Waals surface area contributed by atoms with Gasteiger partial charge < -0.3 is 5.32 Å². The van der Waals surface area contributed by atoms with Crippen molar-refractivity contribution in [3.05, 3.63) is 50.1 Å². The lowest BCUT2D eigenvalue weighted by Crippen LogP contribution is -2.03. The van der Waals surface area contributed by atoms with Gasteiger partial charge in [0, 0.05) is 11.3 Å². The zero-order valence-electron chi connectivity index (χ0n) is 9.20. The van der Waals surface area contributed by atoms with Crippen LogP contribution in [0.1, 0.15) is 20.8 Å². The molecule has 0 saturated carbocycles. The molecule has 1 aromatic carbocycles. The van der Waals surface area contributed by atoms with E-state index in [1.807, 2.05) is 6.07 Å². The number of ketones is 1. The highest BCUT2D eigenvalue weighted by molar-refractivity contribution is 9.11. The number of fused-ring (bicyclic) bond motifs is 1. The summed E-state index contributed by atoms with van der Waals surface area (Å²) in [7, 11) is 0. The van der Waals surface area contributed by atoms with Gasteiger partial charge in [0.15, 0.2) is 0 Å². The molecule has 0 unspecified atom stereocenters. The van der Waals surface area contributed by atoms with Crippen LogP contribution in [0.3, 0.4) is 0 Å². The number of carbonyl (C=O) groups excluding carboxylic acids is 2. The van der Waals surface area contributed by atoms with Gasteiger partial charge in [0.2, 0.25) is 11.7 Å². The minimum atomic E-state index is -0.0199. The number of thiophene rings is 1. The largest absolute Gasteiger partial charge is 0.326 e. The van der Waals surface area contributed by atoms with E-state index >= 15 is 0 Å². The fraction of sp³-hybridized carbons (Fsp3) is 0.0769. The Morgan fingerprint density at radius 2 is 2.11 bits per heavy atom. The number of rotatable bonds is 2. The number of nitrogens with one attached hydrogen (secondary N) is 1. The first kappa shape index (κ1) is 11.6. The molecule has 2 heterocycles. The number of anilines is 1. The van der Waals surface area contributed by atoms with E-state index < -0.39 is 0 Å². The summed E-state index contributed by atoms with van der Waals surface area (Å²) in [5, 5.41) is 2.75. The van der Waals surface area contributed by atoms with Crippen LogP contribution >= 0.6 is 27.3 Å². The van der Waals surface area contributed by atoms with Gasteiger partial charge in [0.05, 0.1) is 15.1 Å². The molecule has 90 valence electrons. The number of amides is 1. The predicted molar refractivity (Wildman–Crippen MR) is 74.2 cm³/mol. The van der Waals surface area contributed by atoms with Gasteiger partial charge in [-0.1, -0.05) is 0 Å². The predicted octanol–water partition coefficient (Wildman–Crippen LogP) is 3.24. The topological polar surface area (TPSA) is 46.2 Å². The first-order valence-electron chi connectivity index (χ1n) is 5.36. The molecule has 0 radical (unpaired) electrons. The van der Waals surface area contributed by atoms with Gasteiger partial charge in [-0.3, -0.25) is 9.59 Å². The molecule has 1 amide bonds. The molecular formula is C13H8BrNO2S. The molecule has 1 aliphatic heterocycles. The van der Waals surface area contributed by atoms with E-state index in [1.54, 1.807) is 24.3 Å². The maximum atomic E-state index is 12.2. The van der Waals surface area contributed by atoms with E-state index in [4.69, 9.17) is 0 Å². The molecule has 3 nitrogen and oxygen atoms in total. The number of halogens is 1. The number of benzene rings is 1. The molecule has 0 fully saturated rings. The SMILES string of the molecule is O=C1Cc2cc(C(=O)c3ccc(Br)s3)ccc2N1. The molecule has 0 bridgehead atoms. The van der Waals surface area contributed by atoms with Crippen molar-refractivity contribution in [1.29, 1.82) is 0 Å². The van der Waals surface area contributed by atoms with Gasteiger partial charge >= 0.3 is 0 Å². The van der Waals surface area contributed by atoms with Gasteiger partial charge in [0.1, 0.15) is 0 Å². The van der Waals surface area contributed by atoms with Crippen LogP contribution in [0.5, 0.6) is 0 Å². The summed E-state index contributed by atoms with van der Waals surface area (Å²) in [6.45, 7) is 0. The van der Waals surface area contributed by atoms with Crippen molar-refractivity contribution in [3.8, 4) is 0 Å². The van der Waals surface area contributed by atoms with Gasteiger partial charge in [-0.25, -0.2) is 0 Å². The Balaban J connectivity index is 1.96. The minimum absolute atomic E-state index is 0.00662. The first-order valence-corrected chi connectivity index (χ1v) is 6.97. The summed E-state index contributed by atoms with van der Waals surface area (Å²) < 4.78 is 0.934. The lowest BCUT2D eigenvalue weighted by atomic mass is 10.0. The Hall–Kier alpha value is -1.46. The molecule has 18 heavy (non-hydrogen) atoms. The molecule has 0 saturated heterocycles. The second kappa shape index (κ2) is 4.33. The smallest absolute Gasteiger partial charge is 0.228 e.